The maximum Gasteiger partial charge on any atom is 0.141 e. The second-order valence-corrected chi connectivity index (χ2v) is 8.74. The van der Waals surface area contributed by atoms with Crippen molar-refractivity contribution in [2.75, 3.05) is 5.32 Å². The van der Waals surface area contributed by atoms with Crippen molar-refractivity contribution in [2.24, 2.45) is 0 Å². The lowest BCUT2D eigenvalue weighted by atomic mass is 9.73. The van der Waals surface area contributed by atoms with Crippen LogP contribution in [0.2, 0.25) is 5.02 Å². The van der Waals surface area contributed by atoms with Gasteiger partial charge in [-0.3, -0.25) is 0 Å². The van der Waals surface area contributed by atoms with Gasteiger partial charge in [0.2, 0.25) is 0 Å². The zero-order valence-electron chi connectivity index (χ0n) is 16.5. The van der Waals surface area contributed by atoms with E-state index in [1.165, 1.54) is 25.3 Å². The molecule has 0 bridgehead atoms. The second-order valence-electron chi connectivity index (χ2n) is 8.33. The zero-order valence-corrected chi connectivity index (χ0v) is 17.2. The Morgan fingerprint density at radius 1 is 1.36 bits per heavy atom. The van der Waals surface area contributed by atoms with Gasteiger partial charge in [0, 0.05) is 11.5 Å². The van der Waals surface area contributed by atoms with E-state index in [4.69, 9.17) is 16.6 Å². The Hall–Kier alpha value is -2.07. The van der Waals surface area contributed by atoms with Crippen LogP contribution in [0.5, 0.6) is 0 Å². The minimum Gasteiger partial charge on any atom is -0.381 e. The molecule has 1 aliphatic carbocycles. The number of fused-ring (bicyclic) bond motifs is 1. The van der Waals surface area contributed by atoms with Crippen molar-refractivity contribution in [1.29, 1.82) is 0 Å². The molecule has 28 heavy (non-hydrogen) atoms. The Balaban J connectivity index is 1.64. The molecular weight excluding hydrogens is 373 g/mol. The summed E-state index contributed by atoms with van der Waals surface area (Å²) < 4.78 is 13.6. The van der Waals surface area contributed by atoms with E-state index >= 15 is 0 Å². The Bertz CT molecular complexity index is 909. The molecule has 148 valence electrons. The molecule has 2 aromatic rings. The van der Waals surface area contributed by atoms with Crippen molar-refractivity contribution >= 4 is 23.0 Å². The molecule has 2 unspecified atom stereocenters. The van der Waals surface area contributed by atoms with Crippen LogP contribution < -0.4 is 10.6 Å². The lowest BCUT2D eigenvalue weighted by Crippen LogP contribution is -2.36. The van der Waals surface area contributed by atoms with Gasteiger partial charge in [-0.05, 0) is 61.9 Å². The number of hydrogen-bond acceptors (Lipinski definition) is 3. The molecule has 1 aromatic carbocycles. The van der Waals surface area contributed by atoms with Gasteiger partial charge in [0.1, 0.15) is 5.82 Å². The molecule has 2 heterocycles. The van der Waals surface area contributed by atoms with Crippen LogP contribution in [0.15, 0.2) is 36.9 Å². The van der Waals surface area contributed by atoms with Crippen molar-refractivity contribution in [2.45, 2.75) is 63.5 Å². The highest BCUT2D eigenvalue weighted by Crippen LogP contribution is 2.45. The molecule has 1 aromatic heterocycles. The molecule has 0 saturated heterocycles. The molecule has 5 heteroatoms. The van der Waals surface area contributed by atoms with Crippen LogP contribution >= 0.6 is 11.6 Å². The quantitative estimate of drug-likeness (QED) is 0.627. The summed E-state index contributed by atoms with van der Waals surface area (Å²) >= 11 is 6.02. The Labute approximate surface area is 171 Å². The molecular formula is C23H27ClFN3. The largest absolute Gasteiger partial charge is 0.381 e. The summed E-state index contributed by atoms with van der Waals surface area (Å²) in [4.78, 5) is 5.00. The Morgan fingerprint density at radius 2 is 2.14 bits per heavy atom. The predicted molar refractivity (Wildman–Crippen MR) is 114 cm³/mol. The van der Waals surface area contributed by atoms with Crippen LogP contribution in [0.25, 0.3) is 5.70 Å². The van der Waals surface area contributed by atoms with Gasteiger partial charge in [0.15, 0.2) is 0 Å². The van der Waals surface area contributed by atoms with Gasteiger partial charge in [-0.1, -0.05) is 38.1 Å². The van der Waals surface area contributed by atoms with Crippen LogP contribution in [0.3, 0.4) is 0 Å². The monoisotopic (exact) mass is 399 g/mol. The summed E-state index contributed by atoms with van der Waals surface area (Å²) in [6.07, 6.45) is 5.54. The van der Waals surface area contributed by atoms with Crippen LogP contribution in [-0.4, -0.2) is 11.0 Å². The molecule has 0 spiro atoms. The third-order valence-corrected chi connectivity index (χ3v) is 6.66. The van der Waals surface area contributed by atoms with Crippen molar-refractivity contribution < 1.29 is 4.39 Å². The van der Waals surface area contributed by atoms with Crippen molar-refractivity contribution in [3.05, 3.63) is 64.7 Å². The standard InChI is InChI=1S/C23H27ClFN3/c1-4-23(3)13-21(15-8-9-18(25)17(24)12-15)27-20-11-10-19(28-22(20)23)14(2)26-16-6-5-7-16/h8-12,16,21,26-27H,2,4-7,13H2,1,3H3. The summed E-state index contributed by atoms with van der Waals surface area (Å²) in [5.74, 6) is -0.385. The van der Waals surface area contributed by atoms with E-state index in [9.17, 15) is 4.39 Å². The average Bonchev–Trinajstić information content (AvgIpc) is 2.66. The van der Waals surface area contributed by atoms with Crippen molar-refractivity contribution in [1.82, 2.24) is 10.3 Å². The highest BCUT2D eigenvalue weighted by molar-refractivity contribution is 6.30. The SMILES string of the molecule is C=C(NC1CCC1)c1ccc2c(n1)C(C)(CC)CC(c1ccc(F)c(Cl)c1)N2. The number of rotatable bonds is 5. The van der Waals surface area contributed by atoms with E-state index < -0.39 is 0 Å². The lowest BCUT2D eigenvalue weighted by molar-refractivity contribution is 0.366. The molecule has 0 amide bonds. The van der Waals surface area contributed by atoms with E-state index in [0.29, 0.717) is 6.04 Å². The molecule has 3 nitrogen and oxygen atoms in total. The summed E-state index contributed by atoms with van der Waals surface area (Å²) in [7, 11) is 0. The summed E-state index contributed by atoms with van der Waals surface area (Å²) in [5, 5.41) is 7.25. The smallest absolute Gasteiger partial charge is 0.141 e. The third kappa shape index (κ3) is 3.50. The number of nitrogens with one attached hydrogen (secondary N) is 2. The van der Waals surface area contributed by atoms with Crippen LogP contribution in [0, 0.1) is 5.82 Å². The third-order valence-electron chi connectivity index (χ3n) is 6.37. The van der Waals surface area contributed by atoms with Crippen LogP contribution in [0.1, 0.15) is 68.9 Å². The maximum absolute atomic E-state index is 13.6. The van der Waals surface area contributed by atoms with E-state index in [0.717, 1.165) is 41.2 Å². The lowest BCUT2D eigenvalue weighted by Gasteiger charge is -2.40. The fourth-order valence-corrected chi connectivity index (χ4v) is 4.29. The minimum absolute atomic E-state index is 0.0690. The van der Waals surface area contributed by atoms with Crippen LogP contribution in [-0.2, 0) is 5.41 Å². The number of halogens is 2. The first-order valence-electron chi connectivity index (χ1n) is 10.1. The minimum atomic E-state index is -0.385. The molecule has 4 rings (SSSR count). The molecule has 1 fully saturated rings. The van der Waals surface area contributed by atoms with Gasteiger partial charge in [-0.2, -0.15) is 0 Å². The first kappa shape index (κ1) is 19.3. The first-order valence-corrected chi connectivity index (χ1v) is 10.5. The first-order chi connectivity index (χ1) is 13.4. The van der Waals surface area contributed by atoms with E-state index in [1.54, 1.807) is 6.07 Å². The fraction of sp³-hybridized carbons (Fsp3) is 0.435. The van der Waals surface area contributed by atoms with Gasteiger partial charge in [0.25, 0.3) is 0 Å². The topological polar surface area (TPSA) is 37.0 Å². The average molecular weight is 400 g/mol. The summed E-state index contributed by atoms with van der Waals surface area (Å²) in [6.45, 7) is 8.65. The highest BCUT2D eigenvalue weighted by Gasteiger charge is 2.37. The number of hydrogen-bond donors (Lipinski definition) is 2. The molecule has 1 saturated carbocycles. The highest BCUT2D eigenvalue weighted by atomic mass is 35.5. The summed E-state index contributed by atoms with van der Waals surface area (Å²) in [6, 6.07) is 9.70. The summed E-state index contributed by atoms with van der Waals surface area (Å²) in [5.41, 5.74) is 4.83. The predicted octanol–water partition coefficient (Wildman–Crippen LogP) is 6.21. The molecule has 2 atom stereocenters. The molecule has 0 radical (unpaired) electrons. The van der Waals surface area contributed by atoms with Gasteiger partial charge >= 0.3 is 0 Å². The Kier molecular flexibility index (Phi) is 5.09. The zero-order chi connectivity index (χ0) is 19.9. The Morgan fingerprint density at radius 3 is 2.79 bits per heavy atom. The maximum atomic E-state index is 13.6. The van der Waals surface area contributed by atoms with E-state index in [2.05, 4.69) is 37.1 Å². The fourth-order valence-electron chi connectivity index (χ4n) is 4.10. The molecule has 2 N–H and O–H groups in total. The van der Waals surface area contributed by atoms with Gasteiger partial charge in [0.05, 0.1) is 33.8 Å². The normalized spacial score (nSPS) is 24.1. The number of anilines is 1. The van der Waals surface area contributed by atoms with Crippen molar-refractivity contribution in [3.63, 3.8) is 0 Å². The number of nitrogens with zero attached hydrogens (tertiary/aromatic N) is 1. The van der Waals surface area contributed by atoms with Gasteiger partial charge < -0.3 is 10.6 Å². The van der Waals surface area contributed by atoms with E-state index in [-0.39, 0.29) is 22.3 Å². The van der Waals surface area contributed by atoms with Gasteiger partial charge in [-0.15, -0.1) is 0 Å². The number of pyridine rings is 1. The molecule has 1 aliphatic heterocycles. The number of aromatic nitrogens is 1. The second kappa shape index (κ2) is 7.40. The van der Waals surface area contributed by atoms with E-state index in [1.807, 2.05) is 12.1 Å². The van der Waals surface area contributed by atoms with Gasteiger partial charge in [-0.25, -0.2) is 9.37 Å². The van der Waals surface area contributed by atoms with Crippen molar-refractivity contribution in [3.8, 4) is 0 Å². The van der Waals surface area contributed by atoms with Crippen LogP contribution in [0.4, 0.5) is 10.1 Å². The molecule has 2 aliphatic rings. The number of benzene rings is 1.